The zero-order valence-corrected chi connectivity index (χ0v) is 14.8. The Morgan fingerprint density at radius 1 is 0.955 bits per heavy atom. The summed E-state index contributed by atoms with van der Waals surface area (Å²) in [6.45, 7) is 2.33. The third-order valence-corrected chi connectivity index (χ3v) is 6.24. The first-order valence-electron chi connectivity index (χ1n) is 9.24. The second kappa shape index (κ2) is 7.73. The van der Waals surface area contributed by atoms with Crippen LogP contribution in [0.2, 0.25) is 0 Å². The lowest BCUT2D eigenvalue weighted by atomic mass is 9.70. The predicted molar refractivity (Wildman–Crippen MR) is 99.4 cm³/mol. The molecule has 1 heteroatoms. The third-order valence-electron chi connectivity index (χ3n) is 5.94. The topological polar surface area (TPSA) is 0 Å². The largest absolute Gasteiger partial charge is 0.143 e. The SMILES string of the molecule is CCCC1CCC(C2CC=C(c3ccc(S)cc3)CC2)CC1. The van der Waals surface area contributed by atoms with Gasteiger partial charge < -0.3 is 0 Å². The van der Waals surface area contributed by atoms with Gasteiger partial charge in [0, 0.05) is 4.90 Å². The Balaban J connectivity index is 1.54. The van der Waals surface area contributed by atoms with Gasteiger partial charge in [0.2, 0.25) is 0 Å². The Labute approximate surface area is 141 Å². The van der Waals surface area contributed by atoms with Crippen LogP contribution in [0, 0.1) is 17.8 Å². The molecule has 3 rings (SSSR count). The van der Waals surface area contributed by atoms with E-state index in [9.17, 15) is 0 Å². The molecule has 1 atom stereocenters. The quantitative estimate of drug-likeness (QED) is 0.583. The minimum Gasteiger partial charge on any atom is -0.143 e. The molecular weight excluding hydrogens is 284 g/mol. The third kappa shape index (κ3) is 3.98. The van der Waals surface area contributed by atoms with Crippen LogP contribution in [0.15, 0.2) is 35.2 Å². The average Bonchev–Trinajstić information content (AvgIpc) is 2.57. The van der Waals surface area contributed by atoms with Crippen molar-refractivity contribution < 1.29 is 0 Å². The van der Waals surface area contributed by atoms with Crippen LogP contribution in [0.3, 0.4) is 0 Å². The summed E-state index contributed by atoms with van der Waals surface area (Å²) in [4.78, 5) is 1.06. The molecule has 0 saturated heterocycles. The lowest BCUT2D eigenvalue weighted by Gasteiger charge is -2.35. The molecule has 2 aliphatic rings. The van der Waals surface area contributed by atoms with Gasteiger partial charge in [0.25, 0.3) is 0 Å². The number of thiol groups is 1. The minimum atomic E-state index is 0.954. The molecule has 0 aromatic heterocycles. The second-order valence-corrected chi connectivity index (χ2v) is 7.90. The lowest BCUT2D eigenvalue weighted by Crippen LogP contribution is -2.23. The van der Waals surface area contributed by atoms with Gasteiger partial charge in [-0.3, -0.25) is 0 Å². The summed E-state index contributed by atoms with van der Waals surface area (Å²) in [5, 5.41) is 0. The Kier molecular flexibility index (Phi) is 5.68. The van der Waals surface area contributed by atoms with Crippen molar-refractivity contribution >= 4 is 18.2 Å². The van der Waals surface area contributed by atoms with E-state index in [0.717, 1.165) is 22.6 Å². The smallest absolute Gasteiger partial charge is 0.00403 e. The van der Waals surface area contributed by atoms with Gasteiger partial charge in [-0.15, -0.1) is 12.6 Å². The Morgan fingerprint density at radius 2 is 1.68 bits per heavy atom. The van der Waals surface area contributed by atoms with Gasteiger partial charge >= 0.3 is 0 Å². The van der Waals surface area contributed by atoms with Crippen molar-refractivity contribution in [2.75, 3.05) is 0 Å². The van der Waals surface area contributed by atoms with E-state index in [1.165, 1.54) is 63.4 Å². The van der Waals surface area contributed by atoms with Crippen LogP contribution in [0.5, 0.6) is 0 Å². The van der Waals surface area contributed by atoms with Crippen molar-refractivity contribution in [2.24, 2.45) is 17.8 Å². The molecule has 22 heavy (non-hydrogen) atoms. The standard InChI is InChI=1S/C21H30S/c1-2-3-16-4-6-17(7-5-16)18-8-10-19(11-9-18)20-12-14-21(22)15-13-20/h10,12-18,22H,2-9,11H2,1H3. The molecule has 0 heterocycles. The maximum atomic E-state index is 4.38. The van der Waals surface area contributed by atoms with Gasteiger partial charge in [-0.05, 0) is 73.1 Å². The zero-order chi connectivity index (χ0) is 15.4. The maximum absolute atomic E-state index is 4.38. The van der Waals surface area contributed by atoms with E-state index in [0.29, 0.717) is 0 Å². The number of hydrogen-bond acceptors (Lipinski definition) is 1. The fraction of sp³-hybridized carbons (Fsp3) is 0.619. The zero-order valence-electron chi connectivity index (χ0n) is 13.9. The number of allylic oxidation sites excluding steroid dienone is 2. The van der Waals surface area contributed by atoms with E-state index in [-0.39, 0.29) is 0 Å². The molecule has 1 unspecified atom stereocenters. The van der Waals surface area contributed by atoms with Gasteiger partial charge in [0.05, 0.1) is 0 Å². The molecule has 0 amide bonds. The van der Waals surface area contributed by atoms with Gasteiger partial charge in [0.1, 0.15) is 0 Å². The minimum absolute atomic E-state index is 0.954. The Morgan fingerprint density at radius 3 is 2.27 bits per heavy atom. The van der Waals surface area contributed by atoms with Gasteiger partial charge in [-0.25, -0.2) is 0 Å². The van der Waals surface area contributed by atoms with Crippen molar-refractivity contribution in [1.29, 1.82) is 0 Å². The molecule has 1 aromatic carbocycles. The summed E-state index contributed by atoms with van der Waals surface area (Å²) in [6, 6.07) is 8.68. The number of rotatable bonds is 4. The molecular formula is C21H30S. The van der Waals surface area contributed by atoms with Crippen molar-refractivity contribution in [1.82, 2.24) is 0 Å². The van der Waals surface area contributed by atoms with Gasteiger partial charge in [-0.1, -0.05) is 50.8 Å². The van der Waals surface area contributed by atoms with Crippen molar-refractivity contribution in [3.8, 4) is 0 Å². The molecule has 0 nitrogen and oxygen atoms in total. The highest BCUT2D eigenvalue weighted by atomic mass is 32.1. The number of benzene rings is 1. The molecule has 0 bridgehead atoms. The van der Waals surface area contributed by atoms with E-state index in [4.69, 9.17) is 0 Å². The normalized spacial score (nSPS) is 29.2. The Bertz CT molecular complexity index is 491. The van der Waals surface area contributed by atoms with E-state index in [1.807, 2.05) is 0 Å². The van der Waals surface area contributed by atoms with Crippen LogP contribution in [0.1, 0.15) is 70.3 Å². The number of hydrogen-bond donors (Lipinski definition) is 1. The van der Waals surface area contributed by atoms with Crippen LogP contribution < -0.4 is 0 Å². The van der Waals surface area contributed by atoms with Crippen molar-refractivity contribution in [3.05, 3.63) is 35.9 Å². The molecule has 1 fully saturated rings. The molecule has 0 N–H and O–H groups in total. The fourth-order valence-electron chi connectivity index (χ4n) is 4.58. The van der Waals surface area contributed by atoms with E-state index in [2.05, 4.69) is 49.9 Å². The second-order valence-electron chi connectivity index (χ2n) is 7.38. The van der Waals surface area contributed by atoms with Crippen molar-refractivity contribution in [2.45, 2.75) is 69.6 Å². The summed E-state index contributed by atoms with van der Waals surface area (Å²) in [5.41, 5.74) is 2.96. The predicted octanol–water partition coefficient (Wildman–Crippen LogP) is 6.77. The van der Waals surface area contributed by atoms with Crippen LogP contribution in [-0.4, -0.2) is 0 Å². The highest BCUT2D eigenvalue weighted by Crippen LogP contribution is 2.42. The molecule has 2 aliphatic carbocycles. The summed E-state index contributed by atoms with van der Waals surface area (Å²) < 4.78 is 0. The monoisotopic (exact) mass is 314 g/mol. The molecule has 0 aliphatic heterocycles. The highest BCUT2D eigenvalue weighted by Gasteiger charge is 2.28. The summed E-state index contributed by atoms with van der Waals surface area (Å²) in [6.07, 6.45) is 15.3. The van der Waals surface area contributed by atoms with Crippen molar-refractivity contribution in [3.63, 3.8) is 0 Å². The molecule has 0 radical (unpaired) electrons. The summed E-state index contributed by atoms with van der Waals surface area (Å²) >= 11 is 4.38. The van der Waals surface area contributed by atoms with Gasteiger partial charge in [0.15, 0.2) is 0 Å². The molecule has 120 valence electrons. The average molecular weight is 315 g/mol. The first kappa shape index (κ1) is 16.2. The van der Waals surface area contributed by atoms with E-state index < -0.39 is 0 Å². The fourth-order valence-corrected chi connectivity index (χ4v) is 4.73. The van der Waals surface area contributed by atoms with Crippen LogP contribution in [0.4, 0.5) is 0 Å². The Hall–Kier alpha value is -0.690. The molecule has 0 spiro atoms. The van der Waals surface area contributed by atoms with Gasteiger partial charge in [-0.2, -0.15) is 0 Å². The van der Waals surface area contributed by atoms with Crippen LogP contribution >= 0.6 is 12.6 Å². The lowest BCUT2D eigenvalue weighted by molar-refractivity contribution is 0.189. The molecule has 1 saturated carbocycles. The highest BCUT2D eigenvalue weighted by molar-refractivity contribution is 7.80. The maximum Gasteiger partial charge on any atom is 0.00403 e. The summed E-state index contributed by atoms with van der Waals surface area (Å²) in [5.74, 6) is 3.00. The van der Waals surface area contributed by atoms with Crippen LogP contribution in [0.25, 0.3) is 5.57 Å². The van der Waals surface area contributed by atoms with E-state index in [1.54, 1.807) is 5.57 Å². The first-order chi connectivity index (χ1) is 10.8. The summed E-state index contributed by atoms with van der Waals surface area (Å²) in [7, 11) is 0. The first-order valence-corrected chi connectivity index (χ1v) is 9.69. The van der Waals surface area contributed by atoms with E-state index >= 15 is 0 Å². The van der Waals surface area contributed by atoms with Crippen LogP contribution in [-0.2, 0) is 0 Å². The molecule has 1 aromatic rings.